The van der Waals surface area contributed by atoms with Gasteiger partial charge in [-0.2, -0.15) is 0 Å². The Kier molecular flexibility index (Phi) is 71.3. The molecule has 0 unspecified atom stereocenters. The molecule has 0 spiro atoms. The molecule has 0 amide bonds. The molecule has 0 aliphatic carbocycles. The summed E-state index contributed by atoms with van der Waals surface area (Å²) < 4.78 is 27.9. The number of carboxylic acid groups (broad SMARTS) is 1. The fourth-order valence-electron chi connectivity index (χ4n) is 5.25. The van der Waals surface area contributed by atoms with Gasteiger partial charge in [0, 0.05) is 32.5 Å². The molecule has 0 aromatic carbocycles. The first-order valence-electron chi connectivity index (χ1n) is 31.4. The van der Waals surface area contributed by atoms with Crippen LogP contribution >= 0.6 is 0 Å². The number of carbonyl (C=O) groups excluding carboxylic acids is 2. The van der Waals surface area contributed by atoms with Crippen LogP contribution in [-0.4, -0.2) is 155 Å². The van der Waals surface area contributed by atoms with Crippen LogP contribution in [0.1, 0.15) is 207 Å². The number of carbonyl (C=O) groups is 3. The van der Waals surface area contributed by atoms with Crippen LogP contribution in [0.5, 0.6) is 0 Å². The average Bonchev–Trinajstić information content (AvgIpc) is 4.17. The van der Waals surface area contributed by atoms with Gasteiger partial charge in [-0.1, -0.05) is 179 Å². The minimum absolute atomic E-state index is 0.000826. The van der Waals surface area contributed by atoms with Crippen molar-refractivity contribution < 1.29 is 72.9 Å². The maximum absolute atomic E-state index is 10.6. The van der Waals surface area contributed by atoms with E-state index in [0.717, 1.165) is 83.3 Å². The maximum atomic E-state index is 10.6. The predicted molar refractivity (Wildman–Crippen MR) is 369 cm³/mol. The SMILES string of the molecule is C=C[C@@H](CC(=O)O)O[Si](C)(C)C(C)(C)C.C=C[C@@H](CCC)O[Si](C)(C)C(C)(C)C.C=C[C@@H](CCO)O[Si](C)(C)C(C)(C)C.C=C[C@H](O)CCC.CCC/C=C/C(=O)OCC.CCC/C=C/C=O.CCCCO.CCC[C@H]1O[C@@H]1CO.OCCCO. The molecular formula is C67H138O15Si3. The van der Waals surface area contributed by atoms with Crippen LogP contribution < -0.4 is 0 Å². The lowest BCUT2D eigenvalue weighted by molar-refractivity contribution is -0.139. The fraction of sp³-hybridized carbons (Fsp3) is 0.776. The summed E-state index contributed by atoms with van der Waals surface area (Å²) in [7, 11) is -5.20. The van der Waals surface area contributed by atoms with Gasteiger partial charge in [-0.05, 0) is 119 Å². The van der Waals surface area contributed by atoms with Crippen molar-refractivity contribution in [3.63, 3.8) is 0 Å². The van der Waals surface area contributed by atoms with Crippen molar-refractivity contribution in [2.24, 2.45) is 0 Å². The van der Waals surface area contributed by atoms with Crippen molar-refractivity contribution in [3.05, 3.63) is 74.9 Å². The van der Waals surface area contributed by atoms with Crippen LogP contribution in [-0.2, 0) is 37.1 Å². The Labute approximate surface area is 526 Å². The van der Waals surface area contributed by atoms with Crippen LogP contribution in [0.15, 0.2) is 74.9 Å². The lowest BCUT2D eigenvalue weighted by atomic mass is 10.2. The van der Waals surface area contributed by atoms with Gasteiger partial charge in [0.1, 0.15) is 12.4 Å². The van der Waals surface area contributed by atoms with Crippen LogP contribution in [0.25, 0.3) is 0 Å². The first-order chi connectivity index (χ1) is 39.3. The van der Waals surface area contributed by atoms with Crippen LogP contribution in [0.4, 0.5) is 0 Å². The monoisotopic (exact) mass is 1270 g/mol. The molecule has 0 saturated carbocycles. The molecule has 85 heavy (non-hydrogen) atoms. The Hall–Kier alpha value is -2.70. The topological polar surface area (TPSA) is 242 Å². The maximum Gasteiger partial charge on any atom is 0.330 e. The number of aliphatic hydroxyl groups excluding tert-OH is 6. The van der Waals surface area contributed by atoms with Crippen molar-refractivity contribution in [1.82, 2.24) is 0 Å². The Morgan fingerprint density at radius 3 is 1.20 bits per heavy atom. The van der Waals surface area contributed by atoms with E-state index in [1.807, 2.05) is 25.2 Å². The van der Waals surface area contributed by atoms with E-state index in [2.05, 4.69) is 167 Å². The van der Waals surface area contributed by atoms with Gasteiger partial charge >= 0.3 is 11.9 Å². The summed E-state index contributed by atoms with van der Waals surface area (Å²) in [6, 6.07) is 0. The van der Waals surface area contributed by atoms with Crippen molar-refractivity contribution >= 4 is 43.2 Å². The smallest absolute Gasteiger partial charge is 0.330 e. The number of allylic oxidation sites excluding steroid dienone is 3. The molecule has 1 heterocycles. The highest BCUT2D eigenvalue weighted by Crippen LogP contribution is 2.39. The van der Waals surface area contributed by atoms with E-state index in [1.54, 1.807) is 25.2 Å². The minimum atomic E-state index is -1.89. The molecule has 6 atom stereocenters. The molecule has 1 fully saturated rings. The zero-order valence-corrected chi connectivity index (χ0v) is 61.7. The van der Waals surface area contributed by atoms with Gasteiger partial charge in [0.05, 0.1) is 50.2 Å². The summed E-state index contributed by atoms with van der Waals surface area (Å²) in [6.45, 7) is 63.3. The van der Waals surface area contributed by atoms with Crippen LogP contribution in [0, 0.1) is 0 Å². The molecular weight excluding hydrogens is 1130 g/mol. The zero-order chi connectivity index (χ0) is 68.4. The van der Waals surface area contributed by atoms with E-state index in [9.17, 15) is 14.4 Å². The van der Waals surface area contributed by atoms with E-state index in [4.69, 9.17) is 53.8 Å². The standard InChI is InChI=1S/C12H26OSi.C11H22O3Si.C11H24O2Si.C8H14O2.C6H12O2.C6H12O.C6H10O.C4H10O.C3H8O2/c1-8-10-11(9-2)13-14(6,7)12(3,4)5;1-7-9(8-10(12)13)14-15(5,6)11(2,3)4;1-7-10(8-9-12)13-14(5,6)11(2,3)4;1-3-5-6-7-8(9)10-4-2;1-2-3-5-6(4-7)8-5;1-3-5-6(7)4-2;1-2-3-4-5-6-7;1-2-3-4-5;4-2-1-3-5/h9,11H,2,8,10H2,1,3-7H3;7,9H,1,8H2,2-6H3,(H,12,13);7,10,12H,1,8-9H2,2-6H3;6-7H,3-5H2,1-2H3;5-7H,2-4H2,1H3;4,6-7H,2-3,5H2,1H3;4-6H,2-3H2,1H3;5H,2-4H2,1H3;4-5H,1-3H2/b;;;7-6+;;;5-4+;;/t11-;9-;10-;;5-,6-;6-;;;/m000.10.../s1. The summed E-state index contributed by atoms with van der Waals surface area (Å²) in [4.78, 5) is 30.8. The van der Waals surface area contributed by atoms with E-state index in [0.29, 0.717) is 37.2 Å². The third-order valence-corrected chi connectivity index (χ3v) is 27.2. The van der Waals surface area contributed by atoms with Crippen molar-refractivity contribution in [2.45, 2.75) is 298 Å². The molecule has 508 valence electrons. The molecule has 7 N–H and O–H groups in total. The molecule has 1 aliphatic rings. The Bertz CT molecular complexity index is 1560. The number of rotatable bonds is 32. The minimum Gasteiger partial charge on any atom is -0.481 e. The largest absolute Gasteiger partial charge is 0.481 e. The van der Waals surface area contributed by atoms with Crippen LogP contribution in [0.2, 0.25) is 54.4 Å². The summed E-state index contributed by atoms with van der Waals surface area (Å²) in [5.74, 6) is -1.09. The van der Waals surface area contributed by atoms with Gasteiger partial charge in [-0.3, -0.25) is 9.59 Å². The van der Waals surface area contributed by atoms with Gasteiger partial charge in [0.15, 0.2) is 25.0 Å². The van der Waals surface area contributed by atoms with Crippen molar-refractivity contribution in [1.29, 1.82) is 0 Å². The molecule has 1 saturated heterocycles. The summed E-state index contributed by atoms with van der Waals surface area (Å²) >= 11 is 0. The van der Waals surface area contributed by atoms with E-state index in [-0.39, 0.29) is 79.4 Å². The second-order valence-electron chi connectivity index (χ2n) is 24.8. The normalized spacial score (nSPS) is 15.1. The lowest BCUT2D eigenvalue weighted by Gasteiger charge is -2.38. The van der Waals surface area contributed by atoms with Gasteiger partial charge in [-0.15, -0.1) is 26.3 Å². The summed E-state index contributed by atoms with van der Waals surface area (Å²) in [6.07, 6.45) is 28.2. The number of aldehydes is 1. The summed E-state index contributed by atoms with van der Waals surface area (Å²) in [5, 5.41) is 59.2. The van der Waals surface area contributed by atoms with E-state index < -0.39 is 30.9 Å². The van der Waals surface area contributed by atoms with Gasteiger partial charge in [-0.25, -0.2) is 4.79 Å². The van der Waals surface area contributed by atoms with E-state index >= 15 is 0 Å². The molecule has 1 aliphatic heterocycles. The number of unbranched alkanes of at least 4 members (excludes halogenated alkanes) is 3. The molecule has 1 rings (SSSR count). The van der Waals surface area contributed by atoms with Gasteiger partial charge in [0.25, 0.3) is 0 Å². The number of hydrogen-bond acceptors (Lipinski definition) is 14. The highest BCUT2D eigenvalue weighted by Gasteiger charge is 2.41. The van der Waals surface area contributed by atoms with Crippen LogP contribution in [0.3, 0.4) is 0 Å². The molecule has 0 bridgehead atoms. The fourth-order valence-corrected chi connectivity index (χ4v) is 9.19. The van der Waals surface area contributed by atoms with Gasteiger partial charge < -0.3 is 58.5 Å². The number of hydrogen-bond donors (Lipinski definition) is 7. The van der Waals surface area contributed by atoms with Gasteiger partial charge in [0.2, 0.25) is 0 Å². The number of ether oxygens (including phenoxy) is 2. The number of carboxylic acids is 1. The molecule has 18 heteroatoms. The van der Waals surface area contributed by atoms with Crippen molar-refractivity contribution in [3.8, 4) is 0 Å². The molecule has 0 aromatic heterocycles. The third kappa shape index (κ3) is 67.1. The number of esters is 1. The van der Waals surface area contributed by atoms with Crippen molar-refractivity contribution in [2.75, 3.05) is 39.6 Å². The highest BCUT2D eigenvalue weighted by atomic mass is 28.4. The quantitative estimate of drug-likeness (QED) is 0.00827. The average molecular weight is 1270 g/mol. The second-order valence-corrected chi connectivity index (χ2v) is 39.1. The highest BCUT2D eigenvalue weighted by molar-refractivity contribution is 6.75. The second kappa shape index (κ2) is 61.5. The Morgan fingerprint density at radius 2 is 0.953 bits per heavy atom. The third-order valence-electron chi connectivity index (χ3n) is 13.7. The lowest BCUT2D eigenvalue weighted by Crippen LogP contribution is -2.43. The number of aliphatic carboxylic acids is 1. The first-order valence-corrected chi connectivity index (χ1v) is 40.1. The molecule has 15 nitrogen and oxygen atoms in total. The van der Waals surface area contributed by atoms with E-state index in [1.165, 1.54) is 12.2 Å². The number of epoxide rings is 1. The Morgan fingerprint density at radius 1 is 0.541 bits per heavy atom. The first kappa shape index (κ1) is 98.5. The summed E-state index contributed by atoms with van der Waals surface area (Å²) in [5.41, 5.74) is 0. The predicted octanol–water partition coefficient (Wildman–Crippen LogP) is 15.8. The zero-order valence-electron chi connectivity index (χ0n) is 58.7. The molecule has 0 radical (unpaired) electrons. The Balaban J connectivity index is -0.000000134. The number of aliphatic hydroxyl groups is 6. The molecule has 0 aromatic rings.